The van der Waals surface area contributed by atoms with Crippen molar-refractivity contribution in [2.75, 3.05) is 17.2 Å². The van der Waals surface area contributed by atoms with E-state index in [0.717, 1.165) is 10.9 Å². The van der Waals surface area contributed by atoms with Gasteiger partial charge in [0.05, 0.1) is 12.3 Å². The second kappa shape index (κ2) is 7.31. The highest BCUT2D eigenvalue weighted by molar-refractivity contribution is 7.80. The minimum atomic E-state index is -0.467. The summed E-state index contributed by atoms with van der Waals surface area (Å²) in [6, 6.07) is 13.3. The van der Waals surface area contributed by atoms with Crippen LogP contribution in [0.4, 0.5) is 15.8 Å². The lowest BCUT2D eigenvalue weighted by Gasteiger charge is -2.11. The number of thiocarbonyl (C=S) groups is 1. The highest BCUT2D eigenvalue weighted by Gasteiger charge is 2.19. The van der Waals surface area contributed by atoms with Gasteiger partial charge in [0.2, 0.25) is 0 Å². The van der Waals surface area contributed by atoms with Gasteiger partial charge in [0.1, 0.15) is 11.5 Å². The first-order valence-electron chi connectivity index (χ1n) is 7.70. The molecule has 3 aromatic rings. The monoisotopic (exact) mass is 357 g/mol. The Morgan fingerprint density at radius 3 is 2.60 bits per heavy atom. The van der Waals surface area contributed by atoms with Gasteiger partial charge in [-0.3, -0.25) is 0 Å². The molecule has 2 aromatic carbocycles. The first-order chi connectivity index (χ1) is 12.1. The Balaban J connectivity index is 1.88. The number of H-pyrrole nitrogens is 1. The van der Waals surface area contributed by atoms with Crippen LogP contribution in [0.15, 0.2) is 48.5 Å². The molecular weight excluding hydrogens is 341 g/mol. The minimum Gasteiger partial charge on any atom is -0.461 e. The number of rotatable bonds is 4. The van der Waals surface area contributed by atoms with Gasteiger partial charge in [0.25, 0.3) is 0 Å². The number of hydrogen-bond acceptors (Lipinski definition) is 3. The van der Waals surface area contributed by atoms with E-state index in [9.17, 15) is 9.18 Å². The number of anilines is 2. The van der Waals surface area contributed by atoms with Gasteiger partial charge in [0.15, 0.2) is 5.11 Å². The van der Waals surface area contributed by atoms with Crippen molar-refractivity contribution >= 4 is 45.6 Å². The molecule has 25 heavy (non-hydrogen) atoms. The first-order valence-corrected chi connectivity index (χ1v) is 8.10. The van der Waals surface area contributed by atoms with E-state index in [1.807, 2.05) is 24.3 Å². The van der Waals surface area contributed by atoms with Gasteiger partial charge in [0, 0.05) is 16.6 Å². The maximum Gasteiger partial charge on any atom is 0.356 e. The number of hydrogen-bond donors (Lipinski definition) is 3. The molecule has 0 unspecified atom stereocenters. The van der Waals surface area contributed by atoms with Crippen LogP contribution in [0.2, 0.25) is 0 Å². The van der Waals surface area contributed by atoms with Crippen LogP contribution in [0.3, 0.4) is 0 Å². The lowest BCUT2D eigenvalue weighted by atomic mass is 10.2. The van der Waals surface area contributed by atoms with Crippen LogP contribution >= 0.6 is 12.2 Å². The molecule has 0 saturated carbocycles. The van der Waals surface area contributed by atoms with Gasteiger partial charge in [-0.05, 0) is 49.5 Å². The van der Waals surface area contributed by atoms with Gasteiger partial charge < -0.3 is 20.4 Å². The van der Waals surface area contributed by atoms with Crippen molar-refractivity contribution in [3.05, 3.63) is 60.0 Å². The Morgan fingerprint density at radius 1 is 1.16 bits per heavy atom. The minimum absolute atomic E-state index is 0.270. The molecule has 3 N–H and O–H groups in total. The fourth-order valence-corrected chi connectivity index (χ4v) is 2.66. The van der Waals surface area contributed by atoms with Crippen molar-refractivity contribution in [2.45, 2.75) is 6.92 Å². The zero-order chi connectivity index (χ0) is 17.8. The fourth-order valence-electron chi connectivity index (χ4n) is 2.44. The third-order valence-electron chi connectivity index (χ3n) is 3.53. The molecular formula is C18H16FN3O2S. The SMILES string of the molecule is CCOC(=O)c1[nH]c2ccccc2c1NC(=S)Nc1ccc(F)cc1. The molecule has 0 radical (unpaired) electrons. The molecule has 0 bridgehead atoms. The third-order valence-corrected chi connectivity index (χ3v) is 3.73. The maximum absolute atomic E-state index is 13.0. The second-order valence-electron chi connectivity index (χ2n) is 5.23. The Bertz CT molecular complexity index is 922. The number of esters is 1. The number of benzene rings is 2. The van der Waals surface area contributed by atoms with Crippen molar-refractivity contribution in [1.82, 2.24) is 4.98 Å². The van der Waals surface area contributed by atoms with Crippen LogP contribution in [0.1, 0.15) is 17.4 Å². The molecule has 0 aliphatic heterocycles. The Labute approximate surface area is 149 Å². The van der Waals surface area contributed by atoms with E-state index in [2.05, 4.69) is 15.6 Å². The molecule has 0 spiro atoms. The van der Waals surface area contributed by atoms with Crippen LogP contribution in [-0.4, -0.2) is 22.7 Å². The maximum atomic E-state index is 13.0. The highest BCUT2D eigenvalue weighted by atomic mass is 32.1. The van der Waals surface area contributed by atoms with E-state index in [0.29, 0.717) is 17.1 Å². The van der Waals surface area contributed by atoms with E-state index in [-0.39, 0.29) is 17.5 Å². The summed E-state index contributed by atoms with van der Waals surface area (Å²) in [7, 11) is 0. The Kier molecular flexibility index (Phi) is 4.95. The molecule has 0 amide bonds. The molecule has 128 valence electrons. The lowest BCUT2D eigenvalue weighted by molar-refractivity contribution is 0.0522. The normalized spacial score (nSPS) is 10.5. The van der Waals surface area contributed by atoms with Gasteiger partial charge in [-0.2, -0.15) is 0 Å². The quantitative estimate of drug-likeness (QED) is 0.480. The van der Waals surface area contributed by atoms with E-state index < -0.39 is 5.97 Å². The van der Waals surface area contributed by atoms with Crippen LogP contribution < -0.4 is 10.6 Å². The van der Waals surface area contributed by atoms with Crippen LogP contribution in [0, 0.1) is 5.82 Å². The number of aromatic nitrogens is 1. The van der Waals surface area contributed by atoms with Crippen molar-refractivity contribution in [2.24, 2.45) is 0 Å². The largest absolute Gasteiger partial charge is 0.461 e. The summed E-state index contributed by atoms with van der Waals surface area (Å²) in [5.74, 6) is -0.795. The van der Waals surface area contributed by atoms with Crippen LogP contribution in [0.5, 0.6) is 0 Å². The number of halogens is 1. The van der Waals surface area contributed by atoms with Gasteiger partial charge in [-0.1, -0.05) is 18.2 Å². The Hall–Kier alpha value is -2.93. The topological polar surface area (TPSA) is 66.2 Å². The molecule has 0 fully saturated rings. The Morgan fingerprint density at radius 2 is 1.88 bits per heavy atom. The lowest BCUT2D eigenvalue weighted by Crippen LogP contribution is -2.20. The number of fused-ring (bicyclic) bond motifs is 1. The van der Waals surface area contributed by atoms with E-state index in [1.54, 1.807) is 19.1 Å². The van der Waals surface area contributed by atoms with Gasteiger partial charge in [-0.25, -0.2) is 9.18 Å². The number of aromatic amines is 1. The third kappa shape index (κ3) is 3.77. The molecule has 0 atom stereocenters. The molecule has 1 aromatic heterocycles. The summed E-state index contributed by atoms with van der Waals surface area (Å²) in [5.41, 5.74) is 2.26. The number of ether oxygens (including phenoxy) is 1. The number of nitrogens with one attached hydrogen (secondary N) is 3. The summed E-state index contributed by atoms with van der Waals surface area (Å²) >= 11 is 5.31. The predicted octanol–water partition coefficient (Wildman–Crippen LogP) is 4.29. The second-order valence-corrected chi connectivity index (χ2v) is 5.64. The molecule has 0 aliphatic rings. The van der Waals surface area contributed by atoms with Gasteiger partial charge in [-0.15, -0.1) is 0 Å². The zero-order valence-corrected chi connectivity index (χ0v) is 14.2. The summed E-state index contributed by atoms with van der Waals surface area (Å²) in [6.07, 6.45) is 0. The fraction of sp³-hybridized carbons (Fsp3) is 0.111. The molecule has 3 rings (SSSR count). The van der Waals surface area contributed by atoms with E-state index >= 15 is 0 Å². The molecule has 7 heteroatoms. The highest BCUT2D eigenvalue weighted by Crippen LogP contribution is 2.28. The summed E-state index contributed by atoms with van der Waals surface area (Å²) in [5, 5.41) is 7.08. The average Bonchev–Trinajstić information content (AvgIpc) is 2.96. The molecule has 0 saturated heterocycles. The molecule has 0 aliphatic carbocycles. The molecule has 1 heterocycles. The number of carbonyl (C=O) groups excluding carboxylic acids is 1. The smallest absolute Gasteiger partial charge is 0.356 e. The van der Waals surface area contributed by atoms with Gasteiger partial charge >= 0.3 is 5.97 Å². The number of carbonyl (C=O) groups is 1. The van der Waals surface area contributed by atoms with Crippen molar-refractivity contribution in [3.63, 3.8) is 0 Å². The van der Waals surface area contributed by atoms with E-state index in [4.69, 9.17) is 17.0 Å². The standard InChI is InChI=1S/C18H16FN3O2S/c1-2-24-17(23)16-15(13-5-3-4-6-14(13)21-16)22-18(25)20-12-9-7-11(19)8-10-12/h3-10,21H,2H2,1H3,(H2,20,22,25). The summed E-state index contributed by atoms with van der Waals surface area (Å²) in [6.45, 7) is 2.01. The summed E-state index contributed by atoms with van der Waals surface area (Å²) in [4.78, 5) is 15.3. The van der Waals surface area contributed by atoms with Crippen molar-refractivity contribution in [1.29, 1.82) is 0 Å². The first kappa shape index (κ1) is 16.9. The van der Waals surface area contributed by atoms with Crippen LogP contribution in [0.25, 0.3) is 10.9 Å². The number of para-hydroxylation sites is 1. The predicted molar refractivity (Wildman–Crippen MR) is 100 cm³/mol. The molecule has 5 nitrogen and oxygen atoms in total. The van der Waals surface area contributed by atoms with Crippen molar-refractivity contribution < 1.29 is 13.9 Å². The van der Waals surface area contributed by atoms with Crippen LogP contribution in [-0.2, 0) is 4.74 Å². The van der Waals surface area contributed by atoms with E-state index in [1.165, 1.54) is 12.1 Å². The summed E-state index contributed by atoms with van der Waals surface area (Å²) < 4.78 is 18.1. The van der Waals surface area contributed by atoms with Crippen molar-refractivity contribution in [3.8, 4) is 0 Å². The average molecular weight is 357 g/mol. The zero-order valence-electron chi connectivity index (χ0n) is 13.4.